The molecular formula is C22H17ClN2O2S. The zero-order valence-electron chi connectivity index (χ0n) is 15.3. The lowest BCUT2D eigenvalue weighted by molar-refractivity contribution is -0.115. The number of thioether (sulfide) groups is 1. The molecule has 0 unspecified atom stereocenters. The van der Waals surface area contributed by atoms with Crippen molar-refractivity contribution in [3.05, 3.63) is 81.4 Å². The number of carbonyl (C=O) groups is 1. The molecule has 1 aliphatic heterocycles. The second-order valence-electron chi connectivity index (χ2n) is 6.54. The van der Waals surface area contributed by atoms with Gasteiger partial charge < -0.3 is 9.73 Å². The van der Waals surface area contributed by atoms with Crippen LogP contribution in [0.2, 0.25) is 5.02 Å². The first-order valence-corrected chi connectivity index (χ1v) is 9.89. The van der Waals surface area contributed by atoms with Crippen molar-refractivity contribution < 1.29 is 9.21 Å². The van der Waals surface area contributed by atoms with E-state index in [4.69, 9.17) is 16.0 Å². The molecule has 140 valence electrons. The Bertz CT molecular complexity index is 1090. The maximum Gasteiger partial charge on any atom is 0.264 e. The van der Waals surface area contributed by atoms with Gasteiger partial charge in [-0.15, -0.1) is 0 Å². The monoisotopic (exact) mass is 408 g/mol. The highest BCUT2D eigenvalue weighted by Crippen LogP contribution is 2.30. The minimum Gasteiger partial charge on any atom is -0.457 e. The number of nitrogens with zero attached hydrogens (tertiary/aromatic N) is 1. The maximum absolute atomic E-state index is 12.3. The van der Waals surface area contributed by atoms with Gasteiger partial charge in [-0.05, 0) is 85.3 Å². The highest BCUT2D eigenvalue weighted by Gasteiger charge is 2.24. The molecule has 4 rings (SSSR count). The lowest BCUT2D eigenvalue weighted by Gasteiger charge is -2.00. The van der Waals surface area contributed by atoms with E-state index in [9.17, 15) is 4.79 Å². The Morgan fingerprint density at radius 1 is 1.04 bits per heavy atom. The first-order valence-electron chi connectivity index (χ1n) is 8.70. The Labute approximate surface area is 172 Å². The molecule has 2 heterocycles. The summed E-state index contributed by atoms with van der Waals surface area (Å²) in [5, 5.41) is 4.04. The number of nitrogens with one attached hydrogen (secondary N) is 1. The van der Waals surface area contributed by atoms with Crippen LogP contribution in [0.25, 0.3) is 17.4 Å². The summed E-state index contributed by atoms with van der Waals surface area (Å²) in [5.41, 5.74) is 4.02. The van der Waals surface area contributed by atoms with Crippen LogP contribution in [0.3, 0.4) is 0 Å². The quantitative estimate of drug-likeness (QED) is 0.532. The smallest absolute Gasteiger partial charge is 0.264 e. The number of halogens is 1. The van der Waals surface area contributed by atoms with Crippen LogP contribution in [-0.4, -0.2) is 11.1 Å². The maximum atomic E-state index is 12.3. The number of rotatable bonds is 3. The zero-order valence-corrected chi connectivity index (χ0v) is 16.9. The van der Waals surface area contributed by atoms with Crippen LogP contribution in [0, 0.1) is 13.8 Å². The number of carbonyl (C=O) groups excluding carboxylic acids is 1. The number of hydrogen-bond donors (Lipinski definition) is 1. The average Bonchev–Trinajstić information content (AvgIpc) is 3.22. The Balaban J connectivity index is 1.55. The number of amides is 1. The lowest BCUT2D eigenvalue weighted by Crippen LogP contribution is -2.19. The zero-order chi connectivity index (χ0) is 19.7. The van der Waals surface area contributed by atoms with Crippen molar-refractivity contribution in [3.8, 4) is 11.3 Å². The number of benzene rings is 2. The standard InChI is InChI=1S/C22H17ClN2O2S/c1-13-9-14(2)11-17(10-13)24-22-25-21(26)20(28-22)12-18-7-8-19(27-18)15-3-5-16(23)6-4-15/h3-12H,1-2H3,(H,24,25,26)/b20-12-. The predicted octanol–water partition coefficient (Wildman–Crippen LogP) is 6.11. The Kier molecular flexibility index (Phi) is 5.11. The molecule has 0 aliphatic carbocycles. The molecule has 1 aromatic heterocycles. The topological polar surface area (TPSA) is 54.6 Å². The van der Waals surface area contributed by atoms with E-state index in [1.807, 2.05) is 62.4 Å². The van der Waals surface area contributed by atoms with Crippen molar-refractivity contribution in [2.24, 2.45) is 4.99 Å². The first-order chi connectivity index (χ1) is 13.5. The molecule has 1 fully saturated rings. The third-order valence-electron chi connectivity index (χ3n) is 4.12. The molecule has 1 N–H and O–H groups in total. The van der Waals surface area contributed by atoms with Gasteiger partial charge in [0.25, 0.3) is 5.91 Å². The number of furan rings is 1. The highest BCUT2D eigenvalue weighted by atomic mass is 35.5. The van der Waals surface area contributed by atoms with Gasteiger partial charge in [0.05, 0.1) is 10.6 Å². The van der Waals surface area contributed by atoms with Crippen LogP contribution >= 0.6 is 23.4 Å². The van der Waals surface area contributed by atoms with E-state index < -0.39 is 0 Å². The highest BCUT2D eigenvalue weighted by molar-refractivity contribution is 8.18. The molecule has 2 aromatic carbocycles. The van der Waals surface area contributed by atoms with Crippen LogP contribution in [0.1, 0.15) is 16.9 Å². The molecule has 1 saturated heterocycles. The van der Waals surface area contributed by atoms with E-state index in [2.05, 4.69) is 16.4 Å². The largest absolute Gasteiger partial charge is 0.457 e. The van der Waals surface area contributed by atoms with Crippen molar-refractivity contribution in [3.63, 3.8) is 0 Å². The fraction of sp³-hybridized carbons (Fsp3) is 0.0909. The molecule has 0 atom stereocenters. The fourth-order valence-corrected chi connectivity index (χ4v) is 3.89. The summed E-state index contributed by atoms with van der Waals surface area (Å²) in [4.78, 5) is 17.4. The molecule has 0 spiro atoms. The Morgan fingerprint density at radius 3 is 2.46 bits per heavy atom. The van der Waals surface area contributed by atoms with E-state index >= 15 is 0 Å². The van der Waals surface area contributed by atoms with Crippen LogP contribution in [0.5, 0.6) is 0 Å². The SMILES string of the molecule is Cc1cc(C)cc(N=C2NC(=O)/C(=C/c3ccc(-c4ccc(Cl)cc4)o3)S2)c1. The minimum absolute atomic E-state index is 0.183. The molecule has 6 heteroatoms. The molecular weight excluding hydrogens is 392 g/mol. The normalized spacial score (nSPS) is 16.8. The van der Waals surface area contributed by atoms with Gasteiger partial charge in [0.1, 0.15) is 11.5 Å². The molecule has 3 aromatic rings. The number of amidine groups is 1. The summed E-state index contributed by atoms with van der Waals surface area (Å²) in [7, 11) is 0. The van der Waals surface area contributed by atoms with Crippen molar-refractivity contribution in [1.29, 1.82) is 0 Å². The third-order valence-corrected chi connectivity index (χ3v) is 5.28. The summed E-state index contributed by atoms with van der Waals surface area (Å²) < 4.78 is 5.85. The molecule has 28 heavy (non-hydrogen) atoms. The van der Waals surface area contributed by atoms with E-state index in [1.54, 1.807) is 6.08 Å². The van der Waals surface area contributed by atoms with E-state index in [-0.39, 0.29) is 5.91 Å². The van der Waals surface area contributed by atoms with Gasteiger partial charge in [0.15, 0.2) is 5.17 Å². The van der Waals surface area contributed by atoms with Gasteiger partial charge in [-0.2, -0.15) is 0 Å². The van der Waals surface area contributed by atoms with Gasteiger partial charge in [-0.25, -0.2) is 4.99 Å². The van der Waals surface area contributed by atoms with Crippen molar-refractivity contribution in [2.75, 3.05) is 0 Å². The molecule has 0 bridgehead atoms. The second kappa shape index (κ2) is 7.70. The van der Waals surface area contributed by atoms with Gasteiger partial charge in [-0.1, -0.05) is 17.7 Å². The van der Waals surface area contributed by atoms with Gasteiger partial charge in [0.2, 0.25) is 0 Å². The van der Waals surface area contributed by atoms with E-state index in [0.29, 0.717) is 20.9 Å². The van der Waals surface area contributed by atoms with Gasteiger partial charge >= 0.3 is 0 Å². The molecule has 1 aliphatic rings. The first kappa shape index (κ1) is 18.6. The van der Waals surface area contributed by atoms with Crippen LogP contribution in [0.15, 0.2) is 68.9 Å². The molecule has 1 amide bonds. The summed E-state index contributed by atoms with van der Waals surface area (Å²) in [6.45, 7) is 4.05. The van der Waals surface area contributed by atoms with E-state index in [1.165, 1.54) is 11.8 Å². The summed E-state index contributed by atoms with van der Waals surface area (Å²) >= 11 is 7.22. The Hall–Kier alpha value is -2.76. The lowest BCUT2D eigenvalue weighted by atomic mass is 10.1. The van der Waals surface area contributed by atoms with Crippen molar-refractivity contribution in [2.45, 2.75) is 13.8 Å². The van der Waals surface area contributed by atoms with Crippen LogP contribution in [-0.2, 0) is 4.79 Å². The summed E-state index contributed by atoms with van der Waals surface area (Å²) in [5.74, 6) is 1.14. The summed E-state index contributed by atoms with van der Waals surface area (Å²) in [6.07, 6.45) is 1.73. The van der Waals surface area contributed by atoms with Crippen LogP contribution < -0.4 is 5.32 Å². The molecule has 0 radical (unpaired) electrons. The number of aryl methyl sites for hydroxylation is 2. The Morgan fingerprint density at radius 2 is 1.75 bits per heavy atom. The van der Waals surface area contributed by atoms with Gasteiger partial charge in [0, 0.05) is 16.7 Å². The van der Waals surface area contributed by atoms with Gasteiger partial charge in [-0.3, -0.25) is 4.79 Å². The molecule has 4 nitrogen and oxygen atoms in total. The van der Waals surface area contributed by atoms with Crippen molar-refractivity contribution in [1.82, 2.24) is 5.32 Å². The van der Waals surface area contributed by atoms with Crippen molar-refractivity contribution >= 4 is 46.2 Å². The number of aliphatic imine (C=N–C) groups is 1. The third kappa shape index (κ3) is 4.21. The summed E-state index contributed by atoms with van der Waals surface area (Å²) in [6, 6.07) is 17.2. The molecule has 0 saturated carbocycles. The van der Waals surface area contributed by atoms with Crippen LogP contribution in [0.4, 0.5) is 5.69 Å². The average molecular weight is 409 g/mol. The number of hydrogen-bond acceptors (Lipinski definition) is 4. The van der Waals surface area contributed by atoms with E-state index in [0.717, 1.165) is 28.1 Å². The second-order valence-corrected chi connectivity index (χ2v) is 8.00. The predicted molar refractivity (Wildman–Crippen MR) is 116 cm³/mol. The fourth-order valence-electron chi connectivity index (χ4n) is 2.94. The minimum atomic E-state index is -0.183.